The lowest BCUT2D eigenvalue weighted by Gasteiger charge is -1.94. The first kappa shape index (κ1) is 11.2. The first-order valence-electron chi connectivity index (χ1n) is 5.33. The predicted molar refractivity (Wildman–Crippen MR) is 74.8 cm³/mol. The summed E-state index contributed by atoms with van der Waals surface area (Å²) in [5.74, 6) is 0. The number of fused-ring (bicyclic) bond motifs is 1. The van der Waals surface area contributed by atoms with Crippen molar-refractivity contribution in [3.63, 3.8) is 0 Å². The van der Waals surface area contributed by atoms with Gasteiger partial charge >= 0.3 is 0 Å². The zero-order chi connectivity index (χ0) is 12.5. The first-order chi connectivity index (χ1) is 8.79. The minimum absolute atomic E-state index is 0.422. The molecule has 4 heteroatoms. The maximum Gasteiger partial charge on any atom is 0.102 e. The molecule has 0 bridgehead atoms. The van der Waals surface area contributed by atoms with E-state index in [0.717, 1.165) is 20.7 Å². The SMILES string of the molecule is N#Cc1cnc2cc(-c3ccccc3)sc2c1Cl. The van der Waals surface area contributed by atoms with Crippen LogP contribution in [0.15, 0.2) is 42.6 Å². The molecule has 3 rings (SSSR count). The highest BCUT2D eigenvalue weighted by Crippen LogP contribution is 2.37. The Kier molecular flexibility index (Phi) is 2.75. The summed E-state index contributed by atoms with van der Waals surface area (Å²) in [4.78, 5) is 5.37. The quantitative estimate of drug-likeness (QED) is 0.653. The van der Waals surface area contributed by atoms with Crippen molar-refractivity contribution >= 4 is 33.2 Å². The van der Waals surface area contributed by atoms with Crippen LogP contribution in [0.3, 0.4) is 0 Å². The third-order valence-electron chi connectivity index (χ3n) is 2.66. The third kappa shape index (κ3) is 1.76. The van der Waals surface area contributed by atoms with Gasteiger partial charge < -0.3 is 0 Å². The minimum atomic E-state index is 0.422. The van der Waals surface area contributed by atoms with Gasteiger partial charge in [-0.1, -0.05) is 41.9 Å². The van der Waals surface area contributed by atoms with Crippen molar-refractivity contribution in [3.05, 3.63) is 53.2 Å². The van der Waals surface area contributed by atoms with Crippen molar-refractivity contribution in [3.8, 4) is 16.5 Å². The molecule has 1 aromatic carbocycles. The molecule has 0 atom stereocenters. The Morgan fingerprint density at radius 1 is 1.22 bits per heavy atom. The summed E-state index contributed by atoms with van der Waals surface area (Å²) in [6, 6.07) is 14.1. The fourth-order valence-corrected chi connectivity index (χ4v) is 3.13. The second kappa shape index (κ2) is 4.41. The van der Waals surface area contributed by atoms with E-state index < -0.39 is 0 Å². The van der Waals surface area contributed by atoms with Crippen LogP contribution in [-0.2, 0) is 0 Å². The molecule has 0 fully saturated rings. The second-order valence-electron chi connectivity index (χ2n) is 3.79. The van der Waals surface area contributed by atoms with Crippen molar-refractivity contribution in [2.75, 3.05) is 0 Å². The Morgan fingerprint density at radius 2 is 2.00 bits per heavy atom. The van der Waals surface area contributed by atoms with Crippen LogP contribution in [0.5, 0.6) is 0 Å². The highest BCUT2D eigenvalue weighted by atomic mass is 35.5. The maximum absolute atomic E-state index is 8.93. The third-order valence-corrected chi connectivity index (χ3v) is 4.36. The molecule has 0 unspecified atom stereocenters. The molecule has 2 heterocycles. The van der Waals surface area contributed by atoms with Crippen LogP contribution >= 0.6 is 22.9 Å². The Hall–Kier alpha value is -1.89. The van der Waals surface area contributed by atoms with Crippen LogP contribution in [0.1, 0.15) is 5.56 Å². The average molecular weight is 271 g/mol. The number of hydrogen-bond acceptors (Lipinski definition) is 3. The molecule has 86 valence electrons. The van der Waals surface area contributed by atoms with Gasteiger partial charge in [0.1, 0.15) is 6.07 Å². The number of thiophene rings is 1. The van der Waals surface area contributed by atoms with Crippen LogP contribution in [-0.4, -0.2) is 4.98 Å². The molecule has 0 aliphatic rings. The molecule has 18 heavy (non-hydrogen) atoms. The second-order valence-corrected chi connectivity index (χ2v) is 5.22. The molecule has 2 aromatic heterocycles. The zero-order valence-electron chi connectivity index (χ0n) is 9.22. The Labute approximate surface area is 113 Å². The van der Waals surface area contributed by atoms with Gasteiger partial charge in [0.05, 0.1) is 20.8 Å². The molecular weight excluding hydrogens is 264 g/mol. The molecule has 0 radical (unpaired) electrons. The Morgan fingerprint density at radius 3 is 2.72 bits per heavy atom. The van der Waals surface area contributed by atoms with Gasteiger partial charge in [0, 0.05) is 11.1 Å². The van der Waals surface area contributed by atoms with Crippen molar-refractivity contribution in [2.45, 2.75) is 0 Å². The summed E-state index contributed by atoms with van der Waals surface area (Å²) >= 11 is 7.75. The normalized spacial score (nSPS) is 10.4. The van der Waals surface area contributed by atoms with Gasteiger partial charge in [-0.3, -0.25) is 4.98 Å². The average Bonchev–Trinajstić information content (AvgIpc) is 2.85. The van der Waals surface area contributed by atoms with Gasteiger partial charge in [-0.15, -0.1) is 11.3 Å². The number of halogens is 1. The summed E-state index contributed by atoms with van der Waals surface area (Å²) in [7, 11) is 0. The summed E-state index contributed by atoms with van der Waals surface area (Å²) in [5, 5.41) is 9.43. The topological polar surface area (TPSA) is 36.7 Å². The van der Waals surface area contributed by atoms with Crippen LogP contribution in [0.4, 0.5) is 0 Å². The molecule has 0 amide bonds. The lowest BCUT2D eigenvalue weighted by Crippen LogP contribution is -1.79. The largest absolute Gasteiger partial charge is 0.254 e. The van der Waals surface area contributed by atoms with Crippen molar-refractivity contribution < 1.29 is 0 Å². The maximum atomic E-state index is 8.93. The van der Waals surface area contributed by atoms with Crippen LogP contribution in [0.2, 0.25) is 5.02 Å². The van der Waals surface area contributed by atoms with Crippen LogP contribution in [0, 0.1) is 11.3 Å². The predicted octanol–water partition coefficient (Wildman–Crippen LogP) is 4.49. The van der Waals surface area contributed by atoms with Gasteiger partial charge in [0.25, 0.3) is 0 Å². The first-order valence-corrected chi connectivity index (χ1v) is 6.52. The van der Waals surface area contributed by atoms with Crippen molar-refractivity contribution in [1.29, 1.82) is 5.26 Å². The molecule has 0 spiro atoms. The van der Waals surface area contributed by atoms with E-state index in [0.29, 0.717) is 10.6 Å². The highest BCUT2D eigenvalue weighted by molar-refractivity contribution is 7.22. The monoisotopic (exact) mass is 270 g/mol. The zero-order valence-corrected chi connectivity index (χ0v) is 10.8. The Bertz CT molecular complexity index is 757. The number of nitriles is 1. The van der Waals surface area contributed by atoms with Crippen LogP contribution < -0.4 is 0 Å². The van der Waals surface area contributed by atoms with Gasteiger partial charge in [0.2, 0.25) is 0 Å². The van der Waals surface area contributed by atoms with E-state index in [4.69, 9.17) is 16.9 Å². The van der Waals surface area contributed by atoms with Crippen molar-refractivity contribution in [2.24, 2.45) is 0 Å². The van der Waals surface area contributed by atoms with E-state index in [1.165, 1.54) is 6.20 Å². The van der Waals surface area contributed by atoms with E-state index in [2.05, 4.69) is 4.98 Å². The van der Waals surface area contributed by atoms with Crippen molar-refractivity contribution in [1.82, 2.24) is 4.98 Å². The summed E-state index contributed by atoms with van der Waals surface area (Å²) in [5.41, 5.74) is 2.39. The van der Waals surface area contributed by atoms with Gasteiger partial charge in [-0.2, -0.15) is 5.26 Å². The minimum Gasteiger partial charge on any atom is -0.254 e. The molecular formula is C14H7ClN2S. The van der Waals surface area contributed by atoms with Gasteiger partial charge in [-0.25, -0.2) is 0 Å². The number of rotatable bonds is 1. The molecule has 3 aromatic rings. The molecule has 0 aliphatic heterocycles. The summed E-state index contributed by atoms with van der Waals surface area (Å²) in [6.45, 7) is 0. The van der Waals surface area contributed by atoms with E-state index in [1.807, 2.05) is 42.5 Å². The molecule has 0 saturated carbocycles. The van der Waals surface area contributed by atoms with Gasteiger partial charge in [-0.05, 0) is 11.6 Å². The molecule has 0 aliphatic carbocycles. The fourth-order valence-electron chi connectivity index (χ4n) is 1.77. The lowest BCUT2D eigenvalue weighted by molar-refractivity contribution is 1.38. The fraction of sp³-hybridized carbons (Fsp3) is 0. The summed E-state index contributed by atoms with van der Waals surface area (Å²) < 4.78 is 0.870. The van der Waals surface area contributed by atoms with E-state index >= 15 is 0 Å². The molecule has 2 nitrogen and oxygen atoms in total. The highest BCUT2D eigenvalue weighted by Gasteiger charge is 2.11. The molecule has 0 saturated heterocycles. The number of pyridine rings is 1. The lowest BCUT2D eigenvalue weighted by atomic mass is 10.2. The smallest absolute Gasteiger partial charge is 0.102 e. The molecule has 0 N–H and O–H groups in total. The van der Waals surface area contributed by atoms with E-state index in [9.17, 15) is 0 Å². The summed E-state index contributed by atoms with van der Waals surface area (Å²) in [6.07, 6.45) is 1.52. The number of hydrogen-bond donors (Lipinski definition) is 0. The van der Waals surface area contributed by atoms with E-state index in [1.54, 1.807) is 11.3 Å². The standard InChI is InChI=1S/C14H7ClN2S/c15-13-10(7-16)8-17-11-6-12(18-14(11)13)9-4-2-1-3-5-9/h1-6,8H. The van der Waals surface area contributed by atoms with E-state index in [-0.39, 0.29) is 0 Å². The number of benzene rings is 1. The number of nitrogens with zero attached hydrogens (tertiary/aromatic N) is 2. The Balaban J connectivity index is 2.24. The van der Waals surface area contributed by atoms with Gasteiger partial charge in [0.15, 0.2) is 0 Å². The number of aromatic nitrogens is 1. The van der Waals surface area contributed by atoms with Crippen LogP contribution in [0.25, 0.3) is 20.7 Å².